The molecule has 0 aromatic rings. The van der Waals surface area contributed by atoms with Crippen LogP contribution in [0.25, 0.3) is 0 Å². The molecule has 0 aromatic heterocycles. The molecule has 2 rings (SSSR count). The van der Waals surface area contributed by atoms with Gasteiger partial charge in [0.25, 0.3) is 0 Å². The van der Waals surface area contributed by atoms with Crippen molar-refractivity contribution in [2.24, 2.45) is 11.3 Å². The molecule has 0 bridgehead atoms. The quantitative estimate of drug-likeness (QED) is 0.562. The number of rotatable bonds is 0. The van der Waals surface area contributed by atoms with Crippen molar-refractivity contribution in [2.45, 2.75) is 39.0 Å². The van der Waals surface area contributed by atoms with Gasteiger partial charge in [0.05, 0.1) is 0 Å². The van der Waals surface area contributed by atoms with Gasteiger partial charge in [-0.3, -0.25) is 0 Å². The summed E-state index contributed by atoms with van der Waals surface area (Å²) in [6.07, 6.45) is 7.43. The van der Waals surface area contributed by atoms with Crippen molar-refractivity contribution in [1.82, 2.24) is 5.32 Å². The average molecular weight is 153 g/mol. The molecule has 2 aliphatic rings. The molecule has 11 heavy (non-hydrogen) atoms. The van der Waals surface area contributed by atoms with E-state index in [1.54, 1.807) is 0 Å². The Morgan fingerprint density at radius 1 is 1.27 bits per heavy atom. The fourth-order valence-corrected chi connectivity index (χ4v) is 2.97. The summed E-state index contributed by atoms with van der Waals surface area (Å²) in [7, 11) is 0. The highest BCUT2D eigenvalue weighted by molar-refractivity contribution is 4.91. The van der Waals surface area contributed by atoms with Gasteiger partial charge in [0.2, 0.25) is 0 Å². The maximum Gasteiger partial charge on any atom is 0.000803 e. The first-order chi connectivity index (χ1) is 5.31. The zero-order chi connectivity index (χ0) is 7.73. The van der Waals surface area contributed by atoms with Gasteiger partial charge in [-0.25, -0.2) is 0 Å². The van der Waals surface area contributed by atoms with Crippen LogP contribution in [0.4, 0.5) is 0 Å². The van der Waals surface area contributed by atoms with Gasteiger partial charge in [0, 0.05) is 6.54 Å². The molecule has 1 saturated heterocycles. The molecule has 1 unspecified atom stereocenters. The summed E-state index contributed by atoms with van der Waals surface area (Å²) >= 11 is 0. The Labute approximate surface area is 69.6 Å². The van der Waals surface area contributed by atoms with Crippen LogP contribution in [0.15, 0.2) is 0 Å². The van der Waals surface area contributed by atoms with Crippen LogP contribution in [0, 0.1) is 11.3 Å². The van der Waals surface area contributed by atoms with E-state index >= 15 is 0 Å². The number of nitrogens with one attached hydrogen (secondary N) is 1. The molecular formula is C10H19N. The molecule has 0 radical (unpaired) electrons. The molecule has 1 aliphatic heterocycles. The third kappa shape index (κ3) is 1.44. The Bertz CT molecular complexity index is 136. The third-order valence-electron chi connectivity index (χ3n) is 3.44. The van der Waals surface area contributed by atoms with Gasteiger partial charge < -0.3 is 5.32 Å². The Hall–Kier alpha value is -0.0400. The molecule has 2 fully saturated rings. The molecular weight excluding hydrogens is 134 g/mol. The van der Waals surface area contributed by atoms with Crippen molar-refractivity contribution in [1.29, 1.82) is 0 Å². The predicted octanol–water partition coefficient (Wildman–Crippen LogP) is 2.18. The van der Waals surface area contributed by atoms with E-state index in [9.17, 15) is 0 Å². The molecule has 64 valence electrons. The van der Waals surface area contributed by atoms with Crippen molar-refractivity contribution in [3.8, 4) is 0 Å². The molecule has 1 heterocycles. The zero-order valence-corrected chi connectivity index (χ0v) is 7.53. The highest BCUT2D eigenvalue weighted by Crippen LogP contribution is 2.43. The minimum atomic E-state index is 0.734. The molecule has 1 heteroatoms. The van der Waals surface area contributed by atoms with Crippen molar-refractivity contribution in [2.75, 3.05) is 13.1 Å². The topological polar surface area (TPSA) is 12.0 Å². The molecule has 1 spiro atoms. The fourth-order valence-electron chi connectivity index (χ4n) is 2.97. The Morgan fingerprint density at radius 3 is 2.64 bits per heavy atom. The minimum absolute atomic E-state index is 0.734. The predicted molar refractivity (Wildman–Crippen MR) is 47.6 cm³/mol. The summed E-state index contributed by atoms with van der Waals surface area (Å²) in [5, 5.41) is 3.57. The lowest BCUT2D eigenvalue weighted by Gasteiger charge is -2.37. The van der Waals surface area contributed by atoms with Crippen LogP contribution in [0.5, 0.6) is 0 Å². The van der Waals surface area contributed by atoms with Crippen LogP contribution in [-0.4, -0.2) is 13.1 Å². The van der Waals surface area contributed by atoms with Gasteiger partial charge in [-0.2, -0.15) is 0 Å². The molecule has 1 saturated carbocycles. The fraction of sp³-hybridized carbons (Fsp3) is 1.00. The normalized spacial score (nSPS) is 36.3. The van der Waals surface area contributed by atoms with E-state index in [1.807, 2.05) is 0 Å². The first-order valence-corrected chi connectivity index (χ1v) is 5.02. The minimum Gasteiger partial charge on any atom is -0.316 e. The van der Waals surface area contributed by atoms with Crippen LogP contribution in [0.3, 0.4) is 0 Å². The smallest absolute Gasteiger partial charge is 0.000803 e. The summed E-state index contributed by atoms with van der Waals surface area (Å²) in [6.45, 7) is 4.94. The number of hydrogen-bond donors (Lipinski definition) is 1. The lowest BCUT2D eigenvalue weighted by molar-refractivity contribution is 0.172. The van der Waals surface area contributed by atoms with Crippen molar-refractivity contribution >= 4 is 0 Å². The van der Waals surface area contributed by atoms with Gasteiger partial charge in [0.1, 0.15) is 0 Å². The summed E-state index contributed by atoms with van der Waals surface area (Å²) in [4.78, 5) is 0. The van der Waals surface area contributed by atoms with E-state index in [1.165, 1.54) is 45.2 Å². The maximum atomic E-state index is 3.57. The van der Waals surface area contributed by atoms with E-state index in [0.29, 0.717) is 0 Å². The van der Waals surface area contributed by atoms with Gasteiger partial charge >= 0.3 is 0 Å². The molecule has 1 aliphatic carbocycles. The molecule has 1 nitrogen and oxygen atoms in total. The second-order valence-electron chi connectivity index (χ2n) is 4.65. The van der Waals surface area contributed by atoms with Crippen LogP contribution >= 0.6 is 0 Å². The van der Waals surface area contributed by atoms with Gasteiger partial charge in [-0.05, 0) is 37.1 Å². The Kier molecular flexibility index (Phi) is 1.92. The second-order valence-corrected chi connectivity index (χ2v) is 4.65. The van der Waals surface area contributed by atoms with Crippen LogP contribution < -0.4 is 5.32 Å². The van der Waals surface area contributed by atoms with Gasteiger partial charge in [0.15, 0.2) is 0 Å². The highest BCUT2D eigenvalue weighted by Gasteiger charge is 2.36. The summed E-state index contributed by atoms with van der Waals surface area (Å²) in [5.74, 6) is 0.918. The summed E-state index contributed by atoms with van der Waals surface area (Å²) < 4.78 is 0. The number of piperidine rings is 1. The maximum absolute atomic E-state index is 3.57. The highest BCUT2D eigenvalue weighted by atomic mass is 14.9. The monoisotopic (exact) mass is 153 g/mol. The third-order valence-corrected chi connectivity index (χ3v) is 3.44. The largest absolute Gasteiger partial charge is 0.316 e. The zero-order valence-electron chi connectivity index (χ0n) is 7.53. The summed E-state index contributed by atoms with van der Waals surface area (Å²) in [6, 6.07) is 0. The number of hydrogen-bond acceptors (Lipinski definition) is 1. The molecule has 0 aromatic carbocycles. The van der Waals surface area contributed by atoms with Crippen molar-refractivity contribution < 1.29 is 0 Å². The van der Waals surface area contributed by atoms with E-state index in [4.69, 9.17) is 0 Å². The molecule has 1 atom stereocenters. The second kappa shape index (κ2) is 2.78. The first-order valence-electron chi connectivity index (χ1n) is 5.02. The van der Waals surface area contributed by atoms with E-state index in [2.05, 4.69) is 12.2 Å². The van der Waals surface area contributed by atoms with Crippen LogP contribution in [-0.2, 0) is 0 Å². The molecule has 1 N–H and O–H groups in total. The summed E-state index contributed by atoms with van der Waals surface area (Å²) in [5.41, 5.74) is 0.734. The lowest BCUT2D eigenvalue weighted by atomic mass is 9.75. The Morgan fingerprint density at radius 2 is 2.00 bits per heavy atom. The van der Waals surface area contributed by atoms with Gasteiger partial charge in [-0.15, -0.1) is 0 Å². The van der Waals surface area contributed by atoms with Crippen LogP contribution in [0.1, 0.15) is 39.0 Å². The standard InChI is InChI=1S/C10H19N/c1-9-6-10(8-11-7-9)4-2-3-5-10/h9,11H,2-8H2,1H3. The van der Waals surface area contributed by atoms with E-state index in [0.717, 1.165) is 11.3 Å². The first kappa shape index (κ1) is 7.60. The van der Waals surface area contributed by atoms with Crippen LogP contribution in [0.2, 0.25) is 0 Å². The average Bonchev–Trinajstić information content (AvgIpc) is 2.37. The van der Waals surface area contributed by atoms with Crippen molar-refractivity contribution in [3.05, 3.63) is 0 Å². The molecule has 0 amide bonds. The van der Waals surface area contributed by atoms with Crippen molar-refractivity contribution in [3.63, 3.8) is 0 Å². The van der Waals surface area contributed by atoms with E-state index in [-0.39, 0.29) is 0 Å². The van der Waals surface area contributed by atoms with Gasteiger partial charge in [-0.1, -0.05) is 19.8 Å². The Balaban J connectivity index is 2.00. The van der Waals surface area contributed by atoms with E-state index < -0.39 is 0 Å². The SMILES string of the molecule is CC1CNCC2(CCCC2)C1. The lowest BCUT2D eigenvalue weighted by Crippen LogP contribution is -2.42.